The van der Waals surface area contributed by atoms with E-state index in [1.807, 2.05) is 42.7 Å². The molecule has 1 aromatic carbocycles. The van der Waals surface area contributed by atoms with Crippen molar-refractivity contribution < 1.29 is 18.9 Å². The fourth-order valence-electron chi connectivity index (χ4n) is 4.00. The number of hydrogen-bond donors (Lipinski definition) is 0. The minimum absolute atomic E-state index is 0.220. The van der Waals surface area contributed by atoms with Gasteiger partial charge in [-0.05, 0) is 38.1 Å². The summed E-state index contributed by atoms with van der Waals surface area (Å²) in [5.74, 6) is 1.78. The largest absolute Gasteiger partial charge is 0.494 e. The van der Waals surface area contributed by atoms with Gasteiger partial charge in [-0.25, -0.2) is 14.3 Å². The number of amides is 3. The van der Waals surface area contributed by atoms with Gasteiger partial charge in [-0.15, -0.1) is 0 Å². The highest BCUT2D eigenvalue weighted by Crippen LogP contribution is 2.27. The Hall–Kier alpha value is -3.16. The molecule has 1 aromatic rings. The number of ether oxygens (including phenoxy) is 1. The van der Waals surface area contributed by atoms with E-state index >= 15 is 0 Å². The number of urea groups is 1. The quantitative estimate of drug-likeness (QED) is 0.563. The molecule has 29 heavy (non-hydrogen) atoms. The van der Waals surface area contributed by atoms with Crippen molar-refractivity contribution in [3.63, 3.8) is 0 Å². The van der Waals surface area contributed by atoms with Gasteiger partial charge in [0.25, 0.3) is 5.91 Å². The van der Waals surface area contributed by atoms with Crippen LogP contribution in [0.2, 0.25) is 0 Å². The van der Waals surface area contributed by atoms with Crippen LogP contribution in [0.5, 0.6) is 5.75 Å². The molecule has 1 atom stereocenters. The molecule has 3 heterocycles. The van der Waals surface area contributed by atoms with Crippen molar-refractivity contribution in [3.8, 4) is 5.75 Å². The summed E-state index contributed by atoms with van der Waals surface area (Å²) < 4.78 is 7.54. The number of rotatable bonds is 5. The van der Waals surface area contributed by atoms with Gasteiger partial charge in [0.2, 0.25) is 11.9 Å². The molecule has 8 nitrogen and oxygen atoms in total. The first-order valence-electron chi connectivity index (χ1n) is 9.88. The first kappa shape index (κ1) is 19.2. The number of benzene rings is 1. The number of guanidine groups is 1. The maximum Gasteiger partial charge on any atom is 0.397 e. The van der Waals surface area contributed by atoms with Crippen LogP contribution < -0.4 is 9.64 Å². The van der Waals surface area contributed by atoms with Crippen LogP contribution in [-0.2, 0) is 4.79 Å². The lowest BCUT2D eigenvalue weighted by Gasteiger charge is -2.34. The Morgan fingerprint density at radius 1 is 1.31 bits per heavy atom. The summed E-state index contributed by atoms with van der Waals surface area (Å²) in [4.78, 5) is 35.5. The van der Waals surface area contributed by atoms with E-state index < -0.39 is 6.04 Å². The van der Waals surface area contributed by atoms with Gasteiger partial charge in [-0.3, -0.25) is 14.6 Å². The SMILES string of the molecule is C=C(C)CN1C(=O)C2C(=NC3=[N+]2CCCN3c2ccc(OCC)cc2)N(C)C1=O. The second kappa shape index (κ2) is 7.35. The molecular formula is C21H26N5O3+. The Kier molecular flexibility index (Phi) is 4.86. The number of aliphatic imine (C=N–C) groups is 1. The predicted molar refractivity (Wildman–Crippen MR) is 111 cm³/mol. The number of carbonyl (C=O) groups excluding carboxylic acids is 2. The summed E-state index contributed by atoms with van der Waals surface area (Å²) >= 11 is 0. The highest BCUT2D eigenvalue weighted by atomic mass is 16.5. The van der Waals surface area contributed by atoms with Crippen LogP contribution in [0.1, 0.15) is 20.3 Å². The highest BCUT2D eigenvalue weighted by Gasteiger charge is 2.54. The molecular weight excluding hydrogens is 370 g/mol. The number of hydrogen-bond acceptors (Lipinski definition) is 5. The van der Waals surface area contributed by atoms with Crippen molar-refractivity contribution in [1.29, 1.82) is 0 Å². The van der Waals surface area contributed by atoms with Gasteiger partial charge in [0.1, 0.15) is 11.4 Å². The predicted octanol–water partition coefficient (Wildman–Crippen LogP) is 1.91. The number of fused-ring (bicyclic) bond motifs is 2. The zero-order valence-electron chi connectivity index (χ0n) is 17.1. The molecule has 1 unspecified atom stereocenters. The zero-order valence-corrected chi connectivity index (χ0v) is 17.1. The molecule has 0 N–H and O–H groups in total. The van der Waals surface area contributed by atoms with E-state index in [0.717, 1.165) is 36.5 Å². The number of nitrogens with zero attached hydrogens (tertiary/aromatic N) is 5. The summed E-state index contributed by atoms with van der Waals surface area (Å²) in [6.45, 7) is 9.96. The third kappa shape index (κ3) is 3.18. The minimum atomic E-state index is -0.572. The van der Waals surface area contributed by atoms with E-state index in [-0.39, 0.29) is 18.5 Å². The number of likely N-dealkylation sites (N-methyl/N-ethyl adjacent to an activating group) is 1. The van der Waals surface area contributed by atoms with Crippen molar-refractivity contribution in [3.05, 3.63) is 36.4 Å². The lowest BCUT2D eigenvalue weighted by Crippen LogP contribution is -2.63. The molecule has 8 heteroatoms. The highest BCUT2D eigenvalue weighted by molar-refractivity contribution is 6.24. The summed E-state index contributed by atoms with van der Waals surface area (Å²) in [7, 11) is 1.67. The molecule has 0 radical (unpaired) electrons. The Morgan fingerprint density at radius 2 is 2.03 bits per heavy atom. The molecule has 4 rings (SSSR count). The average molecular weight is 396 g/mol. The maximum absolute atomic E-state index is 13.2. The van der Waals surface area contributed by atoms with E-state index in [2.05, 4.69) is 11.5 Å². The van der Waals surface area contributed by atoms with E-state index in [1.165, 1.54) is 9.80 Å². The first-order valence-corrected chi connectivity index (χ1v) is 9.88. The summed E-state index contributed by atoms with van der Waals surface area (Å²) in [6.07, 6.45) is 0.890. The van der Waals surface area contributed by atoms with Crippen LogP contribution in [0.25, 0.3) is 0 Å². The Morgan fingerprint density at radius 3 is 2.69 bits per heavy atom. The fourth-order valence-corrected chi connectivity index (χ4v) is 4.00. The Labute approximate surface area is 170 Å². The summed E-state index contributed by atoms with van der Waals surface area (Å²) in [5, 5.41) is 0. The van der Waals surface area contributed by atoms with Crippen LogP contribution in [-0.4, -0.2) is 77.4 Å². The van der Waals surface area contributed by atoms with Crippen molar-refractivity contribution in [1.82, 2.24) is 9.80 Å². The van der Waals surface area contributed by atoms with Gasteiger partial charge in [-0.1, -0.05) is 17.1 Å². The van der Waals surface area contributed by atoms with Crippen molar-refractivity contribution >= 4 is 29.4 Å². The van der Waals surface area contributed by atoms with E-state index in [9.17, 15) is 9.59 Å². The molecule has 1 saturated heterocycles. The normalized spacial score (nSPS) is 21.3. The van der Waals surface area contributed by atoms with Crippen LogP contribution in [0.15, 0.2) is 41.4 Å². The van der Waals surface area contributed by atoms with Crippen molar-refractivity contribution in [2.45, 2.75) is 26.3 Å². The zero-order chi connectivity index (χ0) is 20.7. The fraction of sp³-hybridized carbons (Fsp3) is 0.429. The molecule has 0 aliphatic carbocycles. The maximum atomic E-state index is 13.2. The average Bonchev–Trinajstić information content (AvgIpc) is 3.10. The minimum Gasteiger partial charge on any atom is -0.494 e. The lowest BCUT2D eigenvalue weighted by molar-refractivity contribution is -0.539. The molecule has 0 spiro atoms. The van der Waals surface area contributed by atoms with E-state index in [0.29, 0.717) is 18.4 Å². The molecule has 0 aromatic heterocycles. The number of anilines is 1. The number of amidine groups is 1. The van der Waals surface area contributed by atoms with Crippen molar-refractivity contribution in [2.24, 2.45) is 4.99 Å². The topological polar surface area (TPSA) is 68.5 Å². The molecule has 1 fully saturated rings. The molecule has 3 amide bonds. The molecule has 152 valence electrons. The van der Waals surface area contributed by atoms with Gasteiger partial charge in [0, 0.05) is 13.5 Å². The number of carbonyl (C=O) groups is 2. The van der Waals surface area contributed by atoms with Crippen molar-refractivity contribution in [2.75, 3.05) is 38.2 Å². The molecule has 0 saturated carbocycles. The third-order valence-electron chi connectivity index (χ3n) is 5.30. The number of imide groups is 1. The van der Waals surface area contributed by atoms with Gasteiger partial charge in [0.15, 0.2) is 0 Å². The van der Waals surface area contributed by atoms with Gasteiger partial charge < -0.3 is 4.74 Å². The standard InChI is InChI=1S/C21H26N5O3/c1-5-29-16-9-7-15(8-10-16)24-11-6-12-25-17-18(22-20(24)25)23(4)21(28)26(19(17)27)13-14(2)3/h7-10,17H,2,5-6,11-13H2,1,3-4H3/q+1. The molecule has 0 bridgehead atoms. The molecule has 3 aliphatic heterocycles. The van der Waals surface area contributed by atoms with E-state index in [1.54, 1.807) is 7.05 Å². The van der Waals surface area contributed by atoms with Crippen LogP contribution in [0.4, 0.5) is 10.5 Å². The lowest BCUT2D eigenvalue weighted by atomic mass is 10.1. The first-order chi connectivity index (χ1) is 13.9. The van der Waals surface area contributed by atoms with Gasteiger partial charge >= 0.3 is 12.0 Å². The second-order valence-corrected chi connectivity index (χ2v) is 7.52. The van der Waals surface area contributed by atoms with Gasteiger partial charge in [-0.2, -0.15) is 0 Å². The van der Waals surface area contributed by atoms with Gasteiger partial charge in [0.05, 0.1) is 26.2 Å². The Bertz CT molecular complexity index is 934. The van der Waals surface area contributed by atoms with E-state index in [4.69, 9.17) is 9.73 Å². The molecule has 3 aliphatic rings. The van der Waals surface area contributed by atoms with Crippen LogP contribution in [0, 0.1) is 0 Å². The summed E-state index contributed by atoms with van der Waals surface area (Å²) in [5.41, 5.74) is 1.74. The summed E-state index contributed by atoms with van der Waals surface area (Å²) in [6, 6.07) is 6.92. The van der Waals surface area contributed by atoms with Crippen LogP contribution in [0.3, 0.4) is 0 Å². The smallest absolute Gasteiger partial charge is 0.397 e. The monoisotopic (exact) mass is 396 g/mol. The van der Waals surface area contributed by atoms with Crippen LogP contribution >= 0.6 is 0 Å². The second-order valence-electron chi connectivity index (χ2n) is 7.52. The third-order valence-corrected chi connectivity index (χ3v) is 5.30. The Balaban J connectivity index is 1.69.